The summed E-state index contributed by atoms with van der Waals surface area (Å²) in [5.41, 5.74) is 3.67. The molecule has 1 aliphatic heterocycles. The SMILES string of the molecule is Cc1cccnc1CNC1CCSc2ccc(Cl)cc21. The van der Waals surface area contributed by atoms with Crippen LogP contribution in [0.15, 0.2) is 41.4 Å². The Bertz CT molecular complexity index is 615. The Morgan fingerprint density at radius 2 is 2.30 bits per heavy atom. The average Bonchev–Trinajstić information content (AvgIpc) is 2.46. The van der Waals surface area contributed by atoms with E-state index in [1.165, 1.54) is 16.0 Å². The van der Waals surface area contributed by atoms with Crippen LogP contribution in [0.1, 0.15) is 29.3 Å². The van der Waals surface area contributed by atoms with Gasteiger partial charge in [0.05, 0.1) is 5.69 Å². The fraction of sp³-hybridized carbons (Fsp3) is 0.312. The van der Waals surface area contributed by atoms with Crippen molar-refractivity contribution in [3.63, 3.8) is 0 Å². The minimum absolute atomic E-state index is 0.367. The standard InChI is InChI=1S/C16H17ClN2S/c1-11-3-2-7-18-15(11)10-19-14-6-8-20-16-5-4-12(17)9-13(14)16/h2-5,7,9,14,19H,6,8,10H2,1H3. The first kappa shape index (κ1) is 13.9. The van der Waals surface area contributed by atoms with E-state index in [0.29, 0.717) is 6.04 Å². The number of nitrogens with one attached hydrogen (secondary N) is 1. The van der Waals surface area contributed by atoms with Crippen LogP contribution >= 0.6 is 23.4 Å². The van der Waals surface area contributed by atoms with E-state index < -0.39 is 0 Å². The molecule has 1 unspecified atom stereocenters. The molecule has 1 atom stereocenters. The fourth-order valence-corrected chi connectivity index (χ4v) is 3.79. The molecule has 1 aliphatic rings. The Hall–Kier alpha value is -1.03. The van der Waals surface area contributed by atoms with Crippen molar-refractivity contribution in [2.75, 3.05) is 5.75 Å². The molecule has 0 spiro atoms. The van der Waals surface area contributed by atoms with Crippen LogP contribution in [-0.2, 0) is 6.54 Å². The lowest BCUT2D eigenvalue weighted by Gasteiger charge is -2.26. The molecule has 1 aromatic carbocycles. The van der Waals surface area contributed by atoms with E-state index in [1.807, 2.05) is 30.1 Å². The topological polar surface area (TPSA) is 24.9 Å². The average molecular weight is 305 g/mol. The first-order chi connectivity index (χ1) is 9.74. The van der Waals surface area contributed by atoms with E-state index in [0.717, 1.165) is 29.4 Å². The monoisotopic (exact) mass is 304 g/mol. The van der Waals surface area contributed by atoms with E-state index in [1.54, 1.807) is 0 Å². The summed E-state index contributed by atoms with van der Waals surface area (Å²) in [5, 5.41) is 4.44. The van der Waals surface area contributed by atoms with E-state index in [-0.39, 0.29) is 0 Å². The van der Waals surface area contributed by atoms with E-state index in [2.05, 4.69) is 35.4 Å². The Morgan fingerprint density at radius 3 is 3.15 bits per heavy atom. The molecule has 0 fully saturated rings. The molecule has 1 aromatic heterocycles. The number of halogens is 1. The number of hydrogen-bond donors (Lipinski definition) is 1. The summed E-state index contributed by atoms with van der Waals surface area (Å²) in [6.07, 6.45) is 2.98. The second-order valence-corrected chi connectivity index (χ2v) is 6.59. The van der Waals surface area contributed by atoms with Crippen molar-refractivity contribution in [1.82, 2.24) is 10.3 Å². The molecule has 20 heavy (non-hydrogen) atoms. The molecule has 0 bridgehead atoms. The number of rotatable bonds is 3. The highest BCUT2D eigenvalue weighted by atomic mass is 35.5. The molecule has 0 saturated carbocycles. The van der Waals surface area contributed by atoms with E-state index in [9.17, 15) is 0 Å². The quantitative estimate of drug-likeness (QED) is 0.911. The summed E-state index contributed by atoms with van der Waals surface area (Å²) in [7, 11) is 0. The van der Waals surface area contributed by atoms with Crippen LogP contribution in [0, 0.1) is 6.92 Å². The van der Waals surface area contributed by atoms with Gasteiger partial charge >= 0.3 is 0 Å². The number of thioether (sulfide) groups is 1. The van der Waals surface area contributed by atoms with Gasteiger partial charge in [-0.1, -0.05) is 17.7 Å². The van der Waals surface area contributed by atoms with Gasteiger partial charge in [-0.15, -0.1) is 11.8 Å². The van der Waals surface area contributed by atoms with Gasteiger partial charge in [-0.2, -0.15) is 0 Å². The van der Waals surface area contributed by atoms with Crippen molar-refractivity contribution in [2.24, 2.45) is 0 Å². The number of pyridine rings is 1. The van der Waals surface area contributed by atoms with E-state index in [4.69, 9.17) is 11.6 Å². The molecular weight excluding hydrogens is 288 g/mol. The second kappa shape index (κ2) is 6.17. The Balaban J connectivity index is 1.77. The molecule has 3 rings (SSSR count). The van der Waals surface area contributed by atoms with Gasteiger partial charge in [0.15, 0.2) is 0 Å². The van der Waals surface area contributed by atoms with Gasteiger partial charge in [-0.25, -0.2) is 0 Å². The minimum atomic E-state index is 0.367. The number of fused-ring (bicyclic) bond motifs is 1. The highest BCUT2D eigenvalue weighted by Crippen LogP contribution is 2.37. The molecule has 2 nitrogen and oxygen atoms in total. The summed E-state index contributed by atoms with van der Waals surface area (Å²) >= 11 is 8.05. The van der Waals surface area contributed by atoms with Crippen LogP contribution in [0.4, 0.5) is 0 Å². The van der Waals surface area contributed by atoms with Crippen molar-refractivity contribution in [1.29, 1.82) is 0 Å². The summed E-state index contributed by atoms with van der Waals surface area (Å²) in [6.45, 7) is 2.90. The Labute approximate surface area is 129 Å². The molecule has 2 aromatic rings. The first-order valence-electron chi connectivity index (χ1n) is 6.80. The van der Waals surface area contributed by atoms with Gasteiger partial charge in [0, 0.05) is 28.7 Å². The van der Waals surface area contributed by atoms with Crippen molar-refractivity contribution in [3.05, 3.63) is 58.4 Å². The van der Waals surface area contributed by atoms with Gasteiger partial charge in [0.25, 0.3) is 0 Å². The Morgan fingerprint density at radius 1 is 1.40 bits per heavy atom. The first-order valence-corrected chi connectivity index (χ1v) is 8.16. The van der Waals surface area contributed by atoms with Crippen LogP contribution in [0.25, 0.3) is 0 Å². The predicted octanol–water partition coefficient (Wildman–Crippen LogP) is 4.37. The molecule has 1 N–H and O–H groups in total. The van der Waals surface area contributed by atoms with Crippen molar-refractivity contribution < 1.29 is 0 Å². The molecule has 4 heteroatoms. The summed E-state index contributed by atoms with van der Waals surface area (Å²) < 4.78 is 0. The number of hydrogen-bond acceptors (Lipinski definition) is 3. The lowest BCUT2D eigenvalue weighted by Crippen LogP contribution is -2.25. The molecule has 2 heterocycles. The zero-order valence-electron chi connectivity index (χ0n) is 11.4. The lowest BCUT2D eigenvalue weighted by molar-refractivity contribution is 0.504. The highest BCUT2D eigenvalue weighted by molar-refractivity contribution is 7.99. The van der Waals surface area contributed by atoms with Gasteiger partial charge in [-0.05, 0) is 54.5 Å². The van der Waals surface area contributed by atoms with Gasteiger partial charge in [0.2, 0.25) is 0 Å². The fourth-order valence-electron chi connectivity index (χ4n) is 2.50. The van der Waals surface area contributed by atoms with Crippen LogP contribution in [0.3, 0.4) is 0 Å². The van der Waals surface area contributed by atoms with Gasteiger partial charge in [0.1, 0.15) is 0 Å². The predicted molar refractivity (Wildman–Crippen MR) is 85.3 cm³/mol. The summed E-state index contributed by atoms with van der Waals surface area (Å²) in [4.78, 5) is 5.79. The van der Waals surface area contributed by atoms with Gasteiger partial charge in [-0.3, -0.25) is 4.98 Å². The third-order valence-corrected chi connectivity index (χ3v) is 5.00. The molecule has 0 saturated heterocycles. The van der Waals surface area contributed by atoms with Crippen LogP contribution < -0.4 is 5.32 Å². The maximum Gasteiger partial charge on any atom is 0.0570 e. The zero-order chi connectivity index (χ0) is 13.9. The molecule has 0 aliphatic carbocycles. The maximum absolute atomic E-state index is 6.13. The number of nitrogens with zero attached hydrogens (tertiary/aromatic N) is 1. The van der Waals surface area contributed by atoms with Crippen molar-refractivity contribution in [2.45, 2.75) is 30.8 Å². The van der Waals surface area contributed by atoms with Crippen molar-refractivity contribution >= 4 is 23.4 Å². The lowest BCUT2D eigenvalue weighted by atomic mass is 10.0. The summed E-state index contributed by atoms with van der Waals surface area (Å²) in [6, 6.07) is 10.6. The molecule has 0 amide bonds. The molecular formula is C16H17ClN2S. The number of aromatic nitrogens is 1. The van der Waals surface area contributed by atoms with E-state index >= 15 is 0 Å². The maximum atomic E-state index is 6.13. The van der Waals surface area contributed by atoms with Gasteiger partial charge < -0.3 is 5.32 Å². The summed E-state index contributed by atoms with van der Waals surface area (Å²) in [5.74, 6) is 1.15. The molecule has 0 radical (unpaired) electrons. The Kier molecular flexibility index (Phi) is 4.29. The normalized spacial score (nSPS) is 17.8. The highest BCUT2D eigenvalue weighted by Gasteiger charge is 2.20. The third kappa shape index (κ3) is 3.00. The van der Waals surface area contributed by atoms with Crippen LogP contribution in [0.5, 0.6) is 0 Å². The zero-order valence-corrected chi connectivity index (χ0v) is 13.0. The largest absolute Gasteiger partial charge is 0.304 e. The smallest absolute Gasteiger partial charge is 0.0570 e. The van der Waals surface area contributed by atoms with Crippen LogP contribution in [0.2, 0.25) is 5.02 Å². The number of aryl methyl sites for hydroxylation is 1. The van der Waals surface area contributed by atoms with Crippen LogP contribution in [-0.4, -0.2) is 10.7 Å². The second-order valence-electron chi connectivity index (χ2n) is 5.02. The van der Waals surface area contributed by atoms with Crippen molar-refractivity contribution in [3.8, 4) is 0 Å². The number of benzene rings is 1. The third-order valence-electron chi connectivity index (χ3n) is 3.65. The molecule has 104 valence electrons. The minimum Gasteiger partial charge on any atom is -0.304 e.